The summed E-state index contributed by atoms with van der Waals surface area (Å²) in [6.07, 6.45) is 1.59. The molecule has 0 saturated heterocycles. The third kappa shape index (κ3) is 4.55. The molecule has 0 aliphatic heterocycles. The van der Waals surface area contributed by atoms with E-state index >= 15 is 0 Å². The van der Waals surface area contributed by atoms with Gasteiger partial charge in [-0.3, -0.25) is 0 Å². The summed E-state index contributed by atoms with van der Waals surface area (Å²) in [4.78, 5) is 15.2. The molecule has 1 atom stereocenters. The minimum atomic E-state index is -0.975. The van der Waals surface area contributed by atoms with E-state index in [0.29, 0.717) is 10.3 Å². The number of rotatable bonds is 6. The predicted octanol–water partition coefficient (Wildman–Crippen LogP) is 3.10. The Labute approximate surface area is 113 Å². The quantitative estimate of drug-likeness (QED) is 0.844. The van der Waals surface area contributed by atoms with Gasteiger partial charge in [-0.2, -0.15) is 11.8 Å². The van der Waals surface area contributed by atoms with Crippen LogP contribution in [0, 0.1) is 0 Å². The first-order valence-corrected chi connectivity index (χ1v) is 7.22. The number of nitrogens with zero attached hydrogens (tertiary/aromatic N) is 1. The molecule has 0 aliphatic rings. The largest absolute Gasteiger partial charge is 0.478 e. The molecular weight excluding hydrogens is 304 g/mol. The Morgan fingerprint density at radius 1 is 1.71 bits per heavy atom. The van der Waals surface area contributed by atoms with Gasteiger partial charge in [0.2, 0.25) is 0 Å². The van der Waals surface area contributed by atoms with Gasteiger partial charge in [-0.05, 0) is 34.7 Å². The molecule has 0 radical (unpaired) electrons. The molecule has 1 rings (SSSR count). The number of aromatic nitrogens is 1. The second-order valence-electron chi connectivity index (χ2n) is 3.56. The molecule has 1 aromatic heterocycles. The zero-order valence-electron chi connectivity index (χ0n) is 9.74. The molecule has 0 aromatic carbocycles. The van der Waals surface area contributed by atoms with Crippen molar-refractivity contribution in [3.63, 3.8) is 0 Å². The highest BCUT2D eigenvalue weighted by Crippen LogP contribution is 2.19. The van der Waals surface area contributed by atoms with Gasteiger partial charge >= 0.3 is 5.97 Å². The summed E-state index contributed by atoms with van der Waals surface area (Å²) in [5.74, 6) is 1.42. The van der Waals surface area contributed by atoms with Crippen LogP contribution in [0.2, 0.25) is 0 Å². The smallest absolute Gasteiger partial charge is 0.339 e. The number of pyridine rings is 1. The van der Waals surface area contributed by atoms with Crippen LogP contribution in [0.4, 0.5) is 5.82 Å². The number of carboxylic acids is 1. The fraction of sp³-hybridized carbons (Fsp3) is 0.455. The van der Waals surface area contributed by atoms with Gasteiger partial charge in [0.05, 0.1) is 0 Å². The molecule has 4 nitrogen and oxygen atoms in total. The third-order valence-corrected chi connectivity index (χ3v) is 3.62. The monoisotopic (exact) mass is 318 g/mol. The van der Waals surface area contributed by atoms with Crippen LogP contribution in [0.5, 0.6) is 0 Å². The second-order valence-corrected chi connectivity index (χ2v) is 5.79. The Morgan fingerprint density at radius 3 is 3.00 bits per heavy atom. The number of halogens is 1. The van der Waals surface area contributed by atoms with E-state index in [2.05, 4.69) is 33.2 Å². The van der Waals surface area contributed by atoms with Gasteiger partial charge in [0.1, 0.15) is 11.4 Å². The van der Waals surface area contributed by atoms with Crippen LogP contribution in [-0.2, 0) is 0 Å². The van der Waals surface area contributed by atoms with Crippen LogP contribution < -0.4 is 5.32 Å². The number of hydrogen-bond donors (Lipinski definition) is 2. The highest BCUT2D eigenvalue weighted by Gasteiger charge is 2.13. The van der Waals surface area contributed by atoms with E-state index in [-0.39, 0.29) is 11.6 Å². The molecule has 0 amide bonds. The SMILES string of the molecule is CCSCC(C)Nc1ncc(Br)cc1C(=O)O. The molecule has 6 heteroatoms. The Bertz CT molecular complexity index is 401. The lowest BCUT2D eigenvalue weighted by atomic mass is 10.2. The maximum Gasteiger partial charge on any atom is 0.339 e. The minimum Gasteiger partial charge on any atom is -0.478 e. The van der Waals surface area contributed by atoms with Gasteiger partial charge in [-0.15, -0.1) is 0 Å². The zero-order chi connectivity index (χ0) is 12.8. The van der Waals surface area contributed by atoms with Crippen molar-refractivity contribution >= 4 is 39.5 Å². The molecule has 1 unspecified atom stereocenters. The van der Waals surface area contributed by atoms with Gasteiger partial charge in [0, 0.05) is 22.5 Å². The standard InChI is InChI=1S/C11H15BrN2O2S/c1-3-17-6-7(2)14-10-9(11(15)16)4-8(12)5-13-10/h4-5,7H,3,6H2,1-2H3,(H,13,14)(H,15,16). The first-order valence-electron chi connectivity index (χ1n) is 5.27. The molecule has 0 fully saturated rings. The summed E-state index contributed by atoms with van der Waals surface area (Å²) in [5, 5.41) is 12.2. The Balaban J connectivity index is 2.79. The number of aromatic carboxylic acids is 1. The predicted molar refractivity (Wildman–Crippen MR) is 75.0 cm³/mol. The van der Waals surface area contributed by atoms with E-state index < -0.39 is 5.97 Å². The van der Waals surface area contributed by atoms with Crippen molar-refractivity contribution in [2.75, 3.05) is 16.8 Å². The summed E-state index contributed by atoms with van der Waals surface area (Å²) in [6.45, 7) is 4.11. The average molecular weight is 319 g/mol. The fourth-order valence-electron chi connectivity index (χ4n) is 1.29. The molecule has 0 bridgehead atoms. The van der Waals surface area contributed by atoms with Crippen LogP contribution in [0.25, 0.3) is 0 Å². The van der Waals surface area contributed by atoms with Gasteiger partial charge in [0.25, 0.3) is 0 Å². The molecular formula is C11H15BrN2O2S. The number of carbonyl (C=O) groups is 1. The van der Waals surface area contributed by atoms with E-state index in [0.717, 1.165) is 11.5 Å². The normalized spacial score (nSPS) is 12.2. The number of hydrogen-bond acceptors (Lipinski definition) is 4. The van der Waals surface area contributed by atoms with Crippen molar-refractivity contribution in [3.05, 3.63) is 22.3 Å². The van der Waals surface area contributed by atoms with Crippen LogP contribution in [-0.4, -0.2) is 33.6 Å². The summed E-state index contributed by atoms with van der Waals surface area (Å²) < 4.78 is 0.663. The second kappa shape index (κ2) is 6.86. The van der Waals surface area contributed by atoms with Crippen molar-refractivity contribution in [1.29, 1.82) is 0 Å². The number of nitrogens with one attached hydrogen (secondary N) is 1. The van der Waals surface area contributed by atoms with E-state index in [4.69, 9.17) is 5.11 Å². The maximum absolute atomic E-state index is 11.1. The van der Waals surface area contributed by atoms with Gasteiger partial charge in [-0.1, -0.05) is 6.92 Å². The van der Waals surface area contributed by atoms with E-state index in [9.17, 15) is 4.79 Å². The van der Waals surface area contributed by atoms with E-state index in [1.165, 1.54) is 0 Å². The molecule has 94 valence electrons. The lowest BCUT2D eigenvalue weighted by Crippen LogP contribution is -2.21. The topological polar surface area (TPSA) is 62.2 Å². The van der Waals surface area contributed by atoms with Crippen molar-refractivity contribution in [1.82, 2.24) is 4.98 Å². The first-order chi connectivity index (χ1) is 8.04. The molecule has 1 aromatic rings. The summed E-state index contributed by atoms with van der Waals surface area (Å²) in [7, 11) is 0. The summed E-state index contributed by atoms with van der Waals surface area (Å²) in [6, 6.07) is 1.74. The van der Waals surface area contributed by atoms with Crippen LogP contribution in [0.3, 0.4) is 0 Å². The van der Waals surface area contributed by atoms with Gasteiger partial charge < -0.3 is 10.4 Å². The Kier molecular flexibility index (Phi) is 5.77. The van der Waals surface area contributed by atoms with Crippen LogP contribution in [0.1, 0.15) is 24.2 Å². The average Bonchev–Trinajstić information content (AvgIpc) is 2.28. The molecule has 2 N–H and O–H groups in total. The van der Waals surface area contributed by atoms with Crippen molar-refractivity contribution in [3.8, 4) is 0 Å². The highest BCUT2D eigenvalue weighted by atomic mass is 79.9. The van der Waals surface area contributed by atoms with Crippen molar-refractivity contribution < 1.29 is 9.90 Å². The Hall–Kier alpha value is -0.750. The van der Waals surface area contributed by atoms with E-state index in [1.807, 2.05) is 6.92 Å². The van der Waals surface area contributed by atoms with Crippen LogP contribution >= 0.6 is 27.7 Å². The minimum absolute atomic E-state index is 0.187. The number of thioether (sulfide) groups is 1. The maximum atomic E-state index is 11.1. The Morgan fingerprint density at radius 2 is 2.41 bits per heavy atom. The molecule has 0 saturated carbocycles. The fourth-order valence-corrected chi connectivity index (χ4v) is 2.29. The lowest BCUT2D eigenvalue weighted by molar-refractivity contribution is 0.0697. The highest BCUT2D eigenvalue weighted by molar-refractivity contribution is 9.10. The summed E-state index contributed by atoms with van der Waals surface area (Å²) in [5.41, 5.74) is 0.188. The van der Waals surface area contributed by atoms with Gasteiger partial charge in [0.15, 0.2) is 0 Å². The van der Waals surface area contributed by atoms with Crippen molar-refractivity contribution in [2.45, 2.75) is 19.9 Å². The summed E-state index contributed by atoms with van der Waals surface area (Å²) >= 11 is 5.02. The molecule has 0 aliphatic carbocycles. The zero-order valence-corrected chi connectivity index (χ0v) is 12.1. The number of carboxylic acid groups (broad SMARTS) is 1. The van der Waals surface area contributed by atoms with Crippen molar-refractivity contribution in [2.24, 2.45) is 0 Å². The molecule has 17 heavy (non-hydrogen) atoms. The molecule has 0 spiro atoms. The third-order valence-electron chi connectivity index (χ3n) is 2.04. The number of anilines is 1. The van der Waals surface area contributed by atoms with Gasteiger partial charge in [-0.25, -0.2) is 9.78 Å². The molecule has 1 heterocycles. The first kappa shape index (κ1) is 14.3. The lowest BCUT2D eigenvalue weighted by Gasteiger charge is -2.15. The van der Waals surface area contributed by atoms with E-state index in [1.54, 1.807) is 24.0 Å². The van der Waals surface area contributed by atoms with Crippen LogP contribution in [0.15, 0.2) is 16.7 Å².